The van der Waals surface area contributed by atoms with E-state index >= 15 is 0 Å². The molecule has 4 rings (SSSR count). The Hall–Kier alpha value is -3.12. The van der Waals surface area contributed by atoms with E-state index in [-0.39, 0.29) is 41.8 Å². The van der Waals surface area contributed by atoms with Crippen LogP contribution in [0, 0.1) is 19.8 Å². The van der Waals surface area contributed by atoms with Gasteiger partial charge in [-0.05, 0) is 100 Å². The summed E-state index contributed by atoms with van der Waals surface area (Å²) in [4.78, 5) is 24.6. The SMILES string of the molecule is CCc1c(C(=O)c2cccc(NCC(CCc3ccc(C)cc3)CCc3ccc(C)cc3)c2)cc(CCCC(=O)[O-])n1C.[Na+]. The molecule has 3 aromatic carbocycles. The summed E-state index contributed by atoms with van der Waals surface area (Å²) in [6.45, 7) is 7.13. The average Bonchev–Trinajstić information content (AvgIpc) is 3.32. The van der Waals surface area contributed by atoms with Crippen molar-refractivity contribution in [2.24, 2.45) is 13.0 Å². The number of aliphatic carboxylic acids is 1. The molecule has 226 valence electrons. The van der Waals surface area contributed by atoms with Crippen LogP contribution in [0.5, 0.6) is 0 Å². The van der Waals surface area contributed by atoms with Crippen LogP contribution in [0.25, 0.3) is 0 Å². The summed E-state index contributed by atoms with van der Waals surface area (Å²) in [5.74, 6) is -0.568. The number of nitrogens with one attached hydrogen (secondary N) is 1. The van der Waals surface area contributed by atoms with Crippen molar-refractivity contribution in [3.63, 3.8) is 0 Å². The molecule has 0 aliphatic heterocycles. The Bertz CT molecular complexity index is 1460. The molecule has 4 aromatic rings. The number of aromatic nitrogens is 1. The van der Waals surface area contributed by atoms with Gasteiger partial charge in [-0.15, -0.1) is 0 Å². The summed E-state index contributed by atoms with van der Waals surface area (Å²) in [5.41, 5.74) is 9.54. The van der Waals surface area contributed by atoms with Crippen molar-refractivity contribution < 1.29 is 44.3 Å². The van der Waals surface area contributed by atoms with Gasteiger partial charge in [-0.1, -0.05) is 78.7 Å². The Kier molecular flexibility index (Phi) is 14.0. The summed E-state index contributed by atoms with van der Waals surface area (Å²) in [7, 11) is 1.95. The van der Waals surface area contributed by atoms with Crippen LogP contribution in [0.2, 0.25) is 0 Å². The van der Waals surface area contributed by atoms with Gasteiger partial charge < -0.3 is 19.8 Å². The van der Waals surface area contributed by atoms with Crippen LogP contribution in [0.1, 0.15) is 82.2 Å². The van der Waals surface area contributed by atoms with Gasteiger partial charge in [0.1, 0.15) is 0 Å². The molecule has 0 atom stereocenters. The molecular formula is C38H45N2NaO3. The topological polar surface area (TPSA) is 74.2 Å². The van der Waals surface area contributed by atoms with Crippen LogP contribution in [0.4, 0.5) is 5.69 Å². The maximum absolute atomic E-state index is 13.7. The average molecular weight is 601 g/mol. The minimum absolute atomic E-state index is 0. The number of carbonyl (C=O) groups is 2. The molecule has 0 amide bonds. The number of aryl methyl sites for hydroxylation is 5. The largest absolute Gasteiger partial charge is 1.00 e. The fraction of sp³-hybridized carbons (Fsp3) is 0.368. The van der Waals surface area contributed by atoms with E-state index < -0.39 is 5.97 Å². The number of benzene rings is 3. The van der Waals surface area contributed by atoms with Crippen LogP contribution in [-0.4, -0.2) is 22.9 Å². The van der Waals surface area contributed by atoms with Crippen molar-refractivity contribution in [3.05, 3.63) is 124 Å². The quantitative estimate of drug-likeness (QED) is 0.157. The van der Waals surface area contributed by atoms with Crippen LogP contribution in [-0.2, 0) is 37.5 Å². The number of carboxylic acids is 1. The number of carboxylic acid groups (broad SMARTS) is 1. The van der Waals surface area contributed by atoms with Crippen LogP contribution in [0.3, 0.4) is 0 Å². The number of anilines is 1. The molecule has 0 fully saturated rings. The molecule has 0 saturated carbocycles. The van der Waals surface area contributed by atoms with Gasteiger partial charge in [-0.2, -0.15) is 0 Å². The Morgan fingerprint density at radius 3 is 1.98 bits per heavy atom. The van der Waals surface area contributed by atoms with E-state index in [0.29, 0.717) is 29.9 Å². The van der Waals surface area contributed by atoms with Gasteiger partial charge in [0.25, 0.3) is 0 Å². The molecule has 0 radical (unpaired) electrons. The summed E-state index contributed by atoms with van der Waals surface area (Å²) in [6.07, 6.45) is 6.08. The first kappa shape index (κ1) is 35.4. The van der Waals surface area contributed by atoms with E-state index in [2.05, 4.69) is 67.7 Å². The zero-order chi connectivity index (χ0) is 30.8. The standard InChI is InChI=1S/C38H46N2O3.Na/c1-5-36-35(25-34(40(36)4)10-7-11-37(41)42)38(43)32-8-6-9-33(24-32)39-26-31(22-20-29-16-12-27(2)13-17-29)23-21-30-18-14-28(3)15-19-30;/h6,8-9,12-19,24-25,31,39H,5,7,10-11,20-23,26H2,1-4H3,(H,41,42);/q;+1/p-1. The maximum atomic E-state index is 13.7. The molecule has 1 aromatic heterocycles. The maximum Gasteiger partial charge on any atom is 1.00 e. The van der Waals surface area contributed by atoms with Crippen molar-refractivity contribution in [2.45, 2.75) is 72.1 Å². The Labute approximate surface area is 285 Å². The second-order valence-corrected chi connectivity index (χ2v) is 11.8. The minimum atomic E-state index is -1.04. The Balaban J connectivity index is 0.00000529. The zero-order valence-corrected chi connectivity index (χ0v) is 29.1. The van der Waals surface area contributed by atoms with E-state index in [1.807, 2.05) is 48.9 Å². The van der Waals surface area contributed by atoms with E-state index in [0.717, 1.165) is 55.7 Å². The van der Waals surface area contributed by atoms with Gasteiger partial charge in [-0.3, -0.25) is 4.79 Å². The van der Waals surface area contributed by atoms with Gasteiger partial charge in [0.2, 0.25) is 0 Å². The summed E-state index contributed by atoms with van der Waals surface area (Å²) in [6, 6.07) is 27.4. The van der Waals surface area contributed by atoms with Crippen molar-refractivity contribution in [1.82, 2.24) is 4.57 Å². The number of ketones is 1. The molecule has 0 aliphatic carbocycles. The first-order valence-electron chi connectivity index (χ1n) is 15.6. The fourth-order valence-corrected chi connectivity index (χ4v) is 5.77. The molecule has 44 heavy (non-hydrogen) atoms. The minimum Gasteiger partial charge on any atom is -0.550 e. The van der Waals surface area contributed by atoms with Gasteiger partial charge in [-0.25, -0.2) is 0 Å². The monoisotopic (exact) mass is 600 g/mol. The number of hydrogen-bond donors (Lipinski definition) is 1. The molecule has 0 unspecified atom stereocenters. The predicted molar refractivity (Wildman–Crippen MR) is 174 cm³/mol. The number of carbonyl (C=O) groups excluding carboxylic acids is 2. The van der Waals surface area contributed by atoms with E-state index in [1.165, 1.54) is 22.3 Å². The summed E-state index contributed by atoms with van der Waals surface area (Å²) >= 11 is 0. The fourth-order valence-electron chi connectivity index (χ4n) is 5.77. The molecule has 0 bridgehead atoms. The molecular weight excluding hydrogens is 555 g/mol. The Morgan fingerprint density at radius 2 is 1.43 bits per heavy atom. The van der Waals surface area contributed by atoms with E-state index in [9.17, 15) is 14.7 Å². The third-order valence-corrected chi connectivity index (χ3v) is 8.49. The number of rotatable bonds is 16. The van der Waals surface area contributed by atoms with Crippen molar-refractivity contribution >= 4 is 17.4 Å². The first-order chi connectivity index (χ1) is 20.7. The molecule has 1 heterocycles. The Morgan fingerprint density at radius 1 is 0.841 bits per heavy atom. The molecule has 0 spiro atoms. The number of nitrogens with zero attached hydrogens (tertiary/aromatic N) is 1. The van der Waals surface area contributed by atoms with Gasteiger partial charge >= 0.3 is 29.6 Å². The predicted octanol–water partition coefficient (Wildman–Crippen LogP) is 3.81. The zero-order valence-electron chi connectivity index (χ0n) is 27.1. The smallest absolute Gasteiger partial charge is 0.550 e. The van der Waals surface area contributed by atoms with Crippen molar-refractivity contribution in [3.8, 4) is 0 Å². The molecule has 0 saturated heterocycles. The summed E-state index contributed by atoms with van der Waals surface area (Å²) in [5, 5.41) is 14.5. The molecule has 0 aliphatic rings. The second kappa shape index (κ2) is 17.4. The van der Waals surface area contributed by atoms with Crippen LogP contribution in [0.15, 0.2) is 78.9 Å². The van der Waals surface area contributed by atoms with Crippen LogP contribution < -0.4 is 40.0 Å². The third-order valence-electron chi connectivity index (χ3n) is 8.49. The van der Waals surface area contributed by atoms with Gasteiger partial charge in [0, 0.05) is 47.8 Å². The molecule has 1 N–H and O–H groups in total. The van der Waals surface area contributed by atoms with Gasteiger partial charge in [0.15, 0.2) is 5.78 Å². The molecule has 6 heteroatoms. The summed E-state index contributed by atoms with van der Waals surface area (Å²) < 4.78 is 2.04. The first-order valence-corrected chi connectivity index (χ1v) is 15.6. The van der Waals surface area contributed by atoms with Gasteiger partial charge in [0.05, 0.1) is 0 Å². The van der Waals surface area contributed by atoms with Crippen molar-refractivity contribution in [2.75, 3.05) is 11.9 Å². The number of hydrogen-bond acceptors (Lipinski definition) is 4. The normalized spacial score (nSPS) is 10.9. The van der Waals surface area contributed by atoms with Crippen LogP contribution >= 0.6 is 0 Å². The van der Waals surface area contributed by atoms with E-state index in [1.54, 1.807) is 0 Å². The van der Waals surface area contributed by atoms with Crippen molar-refractivity contribution in [1.29, 1.82) is 0 Å². The second-order valence-electron chi connectivity index (χ2n) is 11.8. The van der Waals surface area contributed by atoms with E-state index in [4.69, 9.17) is 0 Å². The molecule has 5 nitrogen and oxygen atoms in total. The third kappa shape index (κ3) is 10.2.